The smallest absolute Gasteiger partial charge is 0.330 e. The number of carboxylic acids is 1. The summed E-state index contributed by atoms with van der Waals surface area (Å²) in [5, 5.41) is 24.2. The van der Waals surface area contributed by atoms with Crippen molar-refractivity contribution in [3.63, 3.8) is 0 Å². The van der Waals surface area contributed by atoms with Crippen LogP contribution in [0.4, 0.5) is 0 Å². The van der Waals surface area contributed by atoms with Crippen LogP contribution in [0.3, 0.4) is 0 Å². The van der Waals surface area contributed by atoms with Gasteiger partial charge in [-0.05, 0) is 12.5 Å². The maximum atomic E-state index is 12.0. The maximum absolute atomic E-state index is 12.0. The molecule has 1 fully saturated rings. The third kappa shape index (κ3) is 3.27. The van der Waals surface area contributed by atoms with Crippen LogP contribution < -0.4 is 10.6 Å². The van der Waals surface area contributed by atoms with Gasteiger partial charge in [0.05, 0.1) is 12.1 Å². The van der Waals surface area contributed by atoms with E-state index in [4.69, 9.17) is 11.6 Å². The highest BCUT2D eigenvalue weighted by Gasteiger charge is 2.32. The first-order valence-electron chi connectivity index (χ1n) is 6.18. The van der Waals surface area contributed by atoms with Gasteiger partial charge in [0.2, 0.25) is 5.91 Å². The molecule has 1 heterocycles. The summed E-state index contributed by atoms with van der Waals surface area (Å²) < 4.78 is 0. The SMILES string of the molecule is O=C(N[C@@H](C(=O)O)c1ccccc1Cl)C1CC(O)CN1. The normalized spacial score (nSPS) is 23.3. The number of carboxylic acid groups (broad SMARTS) is 1. The Morgan fingerprint density at radius 3 is 2.65 bits per heavy atom. The number of hydrogen-bond acceptors (Lipinski definition) is 4. The summed E-state index contributed by atoms with van der Waals surface area (Å²) in [6.45, 7) is 0.321. The van der Waals surface area contributed by atoms with Gasteiger partial charge >= 0.3 is 5.97 Å². The number of halogens is 1. The quantitative estimate of drug-likeness (QED) is 0.641. The highest BCUT2D eigenvalue weighted by Crippen LogP contribution is 2.23. The van der Waals surface area contributed by atoms with E-state index in [9.17, 15) is 19.8 Å². The van der Waals surface area contributed by atoms with Crippen LogP contribution in [-0.4, -0.2) is 40.8 Å². The van der Waals surface area contributed by atoms with E-state index >= 15 is 0 Å². The summed E-state index contributed by atoms with van der Waals surface area (Å²) in [5.74, 6) is -1.65. The average Bonchev–Trinajstić information content (AvgIpc) is 2.83. The van der Waals surface area contributed by atoms with E-state index in [1.807, 2.05) is 0 Å². The molecule has 2 rings (SSSR count). The molecule has 1 aromatic rings. The predicted molar refractivity (Wildman–Crippen MR) is 72.4 cm³/mol. The lowest BCUT2D eigenvalue weighted by Gasteiger charge is -2.18. The van der Waals surface area contributed by atoms with Gasteiger partial charge in [0, 0.05) is 17.1 Å². The number of amides is 1. The summed E-state index contributed by atoms with van der Waals surface area (Å²) in [7, 11) is 0. The number of hydrogen-bond donors (Lipinski definition) is 4. The highest BCUT2D eigenvalue weighted by atomic mass is 35.5. The molecule has 6 nitrogen and oxygen atoms in total. The minimum Gasteiger partial charge on any atom is -0.479 e. The summed E-state index contributed by atoms with van der Waals surface area (Å²) >= 11 is 5.96. The predicted octanol–water partition coefficient (Wildman–Crippen LogP) is 0.305. The molecule has 0 spiro atoms. The lowest BCUT2D eigenvalue weighted by molar-refractivity contribution is -0.142. The fourth-order valence-corrected chi connectivity index (χ4v) is 2.39. The Kier molecular flexibility index (Phi) is 4.59. The Hall–Kier alpha value is -1.63. The van der Waals surface area contributed by atoms with E-state index in [1.165, 1.54) is 0 Å². The second-order valence-electron chi connectivity index (χ2n) is 4.65. The number of nitrogens with one attached hydrogen (secondary N) is 2. The standard InChI is InChI=1S/C13H15ClN2O4/c14-9-4-2-1-3-8(9)11(13(19)20)16-12(18)10-5-7(17)6-15-10/h1-4,7,10-11,15,17H,5-6H2,(H,16,18)(H,19,20)/t7?,10?,11-/m1/s1. The zero-order valence-corrected chi connectivity index (χ0v) is 11.3. The molecule has 7 heteroatoms. The fourth-order valence-electron chi connectivity index (χ4n) is 2.14. The molecule has 1 aliphatic rings. The van der Waals surface area contributed by atoms with Crippen molar-refractivity contribution in [1.29, 1.82) is 0 Å². The van der Waals surface area contributed by atoms with Gasteiger partial charge in [0.25, 0.3) is 0 Å². The van der Waals surface area contributed by atoms with E-state index < -0.39 is 30.1 Å². The van der Waals surface area contributed by atoms with Crippen molar-refractivity contribution in [3.8, 4) is 0 Å². The second kappa shape index (κ2) is 6.21. The number of aliphatic carboxylic acids is 1. The topological polar surface area (TPSA) is 98.7 Å². The zero-order valence-electron chi connectivity index (χ0n) is 10.5. The van der Waals surface area contributed by atoms with Crippen LogP contribution in [0.1, 0.15) is 18.0 Å². The minimum atomic E-state index is -1.21. The van der Waals surface area contributed by atoms with Gasteiger partial charge in [-0.2, -0.15) is 0 Å². The van der Waals surface area contributed by atoms with Crippen molar-refractivity contribution < 1.29 is 19.8 Å². The van der Waals surface area contributed by atoms with Crippen molar-refractivity contribution >= 4 is 23.5 Å². The van der Waals surface area contributed by atoms with E-state index in [-0.39, 0.29) is 11.4 Å². The van der Waals surface area contributed by atoms with Crippen LogP contribution in [0.25, 0.3) is 0 Å². The number of aliphatic hydroxyl groups is 1. The van der Waals surface area contributed by atoms with E-state index in [2.05, 4.69) is 10.6 Å². The van der Waals surface area contributed by atoms with Crippen LogP contribution in [0.15, 0.2) is 24.3 Å². The number of benzene rings is 1. The lowest BCUT2D eigenvalue weighted by Crippen LogP contribution is -2.44. The van der Waals surface area contributed by atoms with Gasteiger partial charge in [-0.15, -0.1) is 0 Å². The molecular weight excluding hydrogens is 284 g/mol. The Labute approximate surface area is 120 Å². The van der Waals surface area contributed by atoms with E-state index in [1.54, 1.807) is 24.3 Å². The van der Waals surface area contributed by atoms with Crippen molar-refractivity contribution in [1.82, 2.24) is 10.6 Å². The average molecular weight is 299 g/mol. The van der Waals surface area contributed by atoms with Gasteiger partial charge < -0.3 is 20.8 Å². The molecule has 0 aromatic heterocycles. The summed E-state index contributed by atoms with van der Waals surface area (Å²) in [4.78, 5) is 23.3. The molecule has 108 valence electrons. The number of carbonyl (C=O) groups is 2. The second-order valence-corrected chi connectivity index (χ2v) is 5.06. The molecule has 4 N–H and O–H groups in total. The molecule has 3 atom stereocenters. The number of carbonyl (C=O) groups excluding carboxylic acids is 1. The monoisotopic (exact) mass is 298 g/mol. The first-order chi connectivity index (χ1) is 9.49. The van der Waals surface area contributed by atoms with Gasteiger partial charge in [-0.1, -0.05) is 29.8 Å². The van der Waals surface area contributed by atoms with Crippen molar-refractivity contribution in [2.75, 3.05) is 6.54 Å². The van der Waals surface area contributed by atoms with Crippen molar-refractivity contribution in [2.45, 2.75) is 24.6 Å². The first-order valence-corrected chi connectivity index (χ1v) is 6.56. The molecule has 1 aliphatic heterocycles. The van der Waals surface area contributed by atoms with Crippen LogP contribution >= 0.6 is 11.6 Å². The minimum absolute atomic E-state index is 0.265. The number of aliphatic hydroxyl groups excluding tert-OH is 1. The molecule has 0 bridgehead atoms. The number of β-amino-alcohol motifs (C(OH)–C–C–N with tert-alkyl or cyclic N) is 1. The molecule has 1 saturated heterocycles. The van der Waals surface area contributed by atoms with Crippen LogP contribution in [0.2, 0.25) is 5.02 Å². The molecule has 1 aromatic carbocycles. The Morgan fingerprint density at radius 2 is 2.10 bits per heavy atom. The zero-order chi connectivity index (χ0) is 14.7. The van der Waals surface area contributed by atoms with Crippen LogP contribution in [0, 0.1) is 0 Å². The summed E-state index contributed by atoms with van der Waals surface area (Å²) in [5.41, 5.74) is 0.327. The van der Waals surface area contributed by atoms with Crippen LogP contribution in [-0.2, 0) is 9.59 Å². The molecule has 0 radical (unpaired) electrons. The molecular formula is C13H15ClN2O4. The lowest BCUT2D eigenvalue weighted by atomic mass is 10.1. The molecule has 0 aliphatic carbocycles. The summed E-state index contributed by atoms with van der Waals surface area (Å²) in [6.07, 6.45) is -0.324. The van der Waals surface area contributed by atoms with Gasteiger partial charge in [-0.25, -0.2) is 4.79 Å². The van der Waals surface area contributed by atoms with E-state index in [0.717, 1.165) is 0 Å². The maximum Gasteiger partial charge on any atom is 0.330 e. The van der Waals surface area contributed by atoms with Crippen molar-refractivity contribution in [2.24, 2.45) is 0 Å². The third-order valence-corrected chi connectivity index (χ3v) is 3.52. The van der Waals surface area contributed by atoms with Gasteiger partial charge in [0.15, 0.2) is 6.04 Å². The van der Waals surface area contributed by atoms with Crippen molar-refractivity contribution in [3.05, 3.63) is 34.9 Å². The van der Waals surface area contributed by atoms with Gasteiger partial charge in [0.1, 0.15) is 0 Å². The third-order valence-electron chi connectivity index (χ3n) is 3.17. The number of rotatable bonds is 4. The Balaban J connectivity index is 2.13. The molecule has 2 unspecified atom stereocenters. The first kappa shape index (κ1) is 14.8. The molecule has 20 heavy (non-hydrogen) atoms. The highest BCUT2D eigenvalue weighted by molar-refractivity contribution is 6.31. The molecule has 1 amide bonds. The van der Waals surface area contributed by atoms with Gasteiger partial charge in [-0.3, -0.25) is 4.79 Å². The van der Waals surface area contributed by atoms with Crippen LogP contribution in [0.5, 0.6) is 0 Å². The molecule has 0 saturated carbocycles. The summed E-state index contributed by atoms with van der Waals surface area (Å²) in [6, 6.07) is 4.65. The van der Waals surface area contributed by atoms with E-state index in [0.29, 0.717) is 12.1 Å². The Morgan fingerprint density at radius 1 is 1.40 bits per heavy atom. The largest absolute Gasteiger partial charge is 0.479 e. The Bertz CT molecular complexity index is 523. The fraction of sp³-hybridized carbons (Fsp3) is 0.385.